The van der Waals surface area contributed by atoms with Crippen molar-refractivity contribution in [3.63, 3.8) is 0 Å². The molecular formula is C22H24N4OS. The number of anilines is 1. The molecular weight excluding hydrogens is 368 g/mol. The lowest BCUT2D eigenvalue weighted by Crippen LogP contribution is -2.26. The second-order valence-electron chi connectivity index (χ2n) is 6.84. The molecule has 144 valence electrons. The van der Waals surface area contributed by atoms with Crippen molar-refractivity contribution < 1.29 is 4.74 Å². The summed E-state index contributed by atoms with van der Waals surface area (Å²) in [6.45, 7) is 3.59. The molecule has 0 aliphatic carbocycles. The van der Waals surface area contributed by atoms with Crippen LogP contribution in [0.4, 0.5) is 5.13 Å². The summed E-state index contributed by atoms with van der Waals surface area (Å²) in [4.78, 5) is 12.3. The third-order valence-electron chi connectivity index (χ3n) is 4.82. The average Bonchev–Trinajstić information content (AvgIpc) is 2.99. The maximum absolute atomic E-state index is 5.82. The lowest BCUT2D eigenvalue weighted by atomic mass is 10.2. The summed E-state index contributed by atoms with van der Waals surface area (Å²) < 4.78 is 5.82. The zero-order chi connectivity index (χ0) is 19.2. The van der Waals surface area contributed by atoms with E-state index in [9.17, 15) is 0 Å². The summed E-state index contributed by atoms with van der Waals surface area (Å²) in [5.41, 5.74) is 9.30. The first kappa shape index (κ1) is 18.7. The lowest BCUT2D eigenvalue weighted by Gasteiger charge is -2.17. The highest BCUT2D eigenvalue weighted by molar-refractivity contribution is 7.15. The summed E-state index contributed by atoms with van der Waals surface area (Å²) >= 11 is 1.64. The number of rotatable bonds is 6. The van der Waals surface area contributed by atoms with Gasteiger partial charge in [-0.05, 0) is 41.8 Å². The predicted octanol–water partition coefficient (Wildman–Crippen LogP) is 3.81. The molecule has 1 aromatic carbocycles. The second kappa shape index (κ2) is 8.99. The molecule has 28 heavy (non-hydrogen) atoms. The largest absolute Gasteiger partial charge is 0.489 e. The van der Waals surface area contributed by atoms with E-state index in [1.54, 1.807) is 23.7 Å². The summed E-state index contributed by atoms with van der Waals surface area (Å²) in [5, 5.41) is 0.701. The van der Waals surface area contributed by atoms with Crippen molar-refractivity contribution in [2.24, 2.45) is 0 Å². The number of hydrogen-bond donors (Lipinski definition) is 1. The second-order valence-corrected chi connectivity index (χ2v) is 7.95. The van der Waals surface area contributed by atoms with Gasteiger partial charge in [0.1, 0.15) is 12.4 Å². The third-order valence-corrected chi connectivity index (χ3v) is 5.81. The number of nitrogen functional groups attached to an aromatic ring is 1. The maximum Gasteiger partial charge on any atom is 0.180 e. The molecule has 0 saturated carbocycles. The van der Waals surface area contributed by atoms with Gasteiger partial charge in [-0.2, -0.15) is 0 Å². The first-order valence-corrected chi connectivity index (χ1v) is 10.3. The number of thiazole rings is 1. The molecule has 5 nitrogen and oxygen atoms in total. The Morgan fingerprint density at radius 2 is 1.86 bits per heavy atom. The minimum atomic E-state index is 0.554. The van der Waals surface area contributed by atoms with Crippen LogP contribution in [-0.4, -0.2) is 34.5 Å². The van der Waals surface area contributed by atoms with E-state index < -0.39 is 0 Å². The number of hydrogen-bond acceptors (Lipinski definition) is 6. The minimum absolute atomic E-state index is 0.554. The first-order chi connectivity index (χ1) is 13.8. The number of ether oxygens (including phenoxy) is 1. The topological polar surface area (TPSA) is 64.3 Å². The van der Waals surface area contributed by atoms with Crippen LogP contribution in [0.25, 0.3) is 6.08 Å². The SMILES string of the molecule is Nc1nc2c(s1)CCN(C/C=C/c1ccc(OCc3ccncc3)cc1)CC2. The van der Waals surface area contributed by atoms with Crippen LogP contribution in [0.1, 0.15) is 21.7 Å². The number of pyridine rings is 1. The molecule has 2 N–H and O–H groups in total. The van der Waals surface area contributed by atoms with Crippen LogP contribution in [0.3, 0.4) is 0 Å². The van der Waals surface area contributed by atoms with Gasteiger partial charge in [-0.15, -0.1) is 11.3 Å². The summed E-state index contributed by atoms with van der Waals surface area (Å²) in [6.07, 6.45) is 9.99. The van der Waals surface area contributed by atoms with E-state index in [-0.39, 0.29) is 0 Å². The number of benzene rings is 1. The van der Waals surface area contributed by atoms with E-state index in [0.29, 0.717) is 11.7 Å². The smallest absolute Gasteiger partial charge is 0.180 e. The van der Waals surface area contributed by atoms with Gasteiger partial charge < -0.3 is 10.5 Å². The highest BCUT2D eigenvalue weighted by Gasteiger charge is 2.16. The predicted molar refractivity (Wildman–Crippen MR) is 114 cm³/mol. The Labute approximate surface area is 169 Å². The van der Waals surface area contributed by atoms with Crippen molar-refractivity contribution in [1.29, 1.82) is 0 Å². The molecule has 0 amide bonds. The van der Waals surface area contributed by atoms with E-state index in [4.69, 9.17) is 10.5 Å². The fourth-order valence-electron chi connectivity index (χ4n) is 3.27. The fraction of sp³-hybridized carbons (Fsp3) is 0.273. The van der Waals surface area contributed by atoms with Crippen LogP contribution >= 0.6 is 11.3 Å². The van der Waals surface area contributed by atoms with Crippen molar-refractivity contribution in [1.82, 2.24) is 14.9 Å². The van der Waals surface area contributed by atoms with Crippen LogP contribution in [0.15, 0.2) is 54.9 Å². The Balaban J connectivity index is 1.25. The van der Waals surface area contributed by atoms with Gasteiger partial charge >= 0.3 is 0 Å². The molecule has 0 unspecified atom stereocenters. The van der Waals surface area contributed by atoms with Crippen LogP contribution in [0.2, 0.25) is 0 Å². The van der Waals surface area contributed by atoms with Gasteiger partial charge in [0.05, 0.1) is 5.69 Å². The van der Waals surface area contributed by atoms with Crippen LogP contribution in [0.5, 0.6) is 5.75 Å². The van der Waals surface area contributed by atoms with E-state index >= 15 is 0 Å². The maximum atomic E-state index is 5.82. The summed E-state index contributed by atoms with van der Waals surface area (Å²) in [6, 6.07) is 12.1. The molecule has 0 atom stereocenters. The van der Waals surface area contributed by atoms with Gasteiger partial charge in [-0.25, -0.2) is 4.98 Å². The van der Waals surface area contributed by atoms with E-state index in [2.05, 4.69) is 39.2 Å². The highest BCUT2D eigenvalue weighted by Crippen LogP contribution is 2.24. The van der Waals surface area contributed by atoms with Gasteiger partial charge in [0, 0.05) is 43.3 Å². The lowest BCUT2D eigenvalue weighted by molar-refractivity contribution is 0.306. The van der Waals surface area contributed by atoms with Crippen molar-refractivity contribution in [2.75, 3.05) is 25.4 Å². The molecule has 3 aromatic rings. The molecule has 1 aliphatic rings. The van der Waals surface area contributed by atoms with Gasteiger partial charge in [0.25, 0.3) is 0 Å². The monoisotopic (exact) mass is 392 g/mol. The molecule has 0 radical (unpaired) electrons. The number of aromatic nitrogens is 2. The molecule has 3 heterocycles. The Morgan fingerprint density at radius 1 is 1.07 bits per heavy atom. The molecule has 1 aliphatic heterocycles. The average molecular weight is 393 g/mol. The van der Waals surface area contributed by atoms with E-state index in [1.165, 1.54) is 16.1 Å². The Kier molecular flexibility index (Phi) is 5.99. The molecule has 2 aromatic heterocycles. The minimum Gasteiger partial charge on any atom is -0.489 e. The van der Waals surface area contributed by atoms with Crippen molar-refractivity contribution >= 4 is 22.5 Å². The van der Waals surface area contributed by atoms with Crippen molar-refractivity contribution in [3.05, 3.63) is 76.6 Å². The third kappa shape index (κ3) is 4.97. The number of fused-ring (bicyclic) bond motifs is 1. The Bertz CT molecular complexity index is 896. The molecule has 4 rings (SSSR count). The van der Waals surface area contributed by atoms with Gasteiger partial charge in [0.15, 0.2) is 5.13 Å². The van der Waals surface area contributed by atoms with Gasteiger partial charge in [0.2, 0.25) is 0 Å². The normalized spacial score (nSPS) is 14.7. The summed E-state index contributed by atoms with van der Waals surface area (Å²) in [7, 11) is 0. The van der Waals surface area contributed by atoms with Crippen LogP contribution in [0, 0.1) is 0 Å². The zero-order valence-corrected chi connectivity index (χ0v) is 16.6. The first-order valence-electron chi connectivity index (χ1n) is 9.51. The summed E-state index contributed by atoms with van der Waals surface area (Å²) in [5.74, 6) is 0.874. The molecule has 0 spiro atoms. The van der Waals surface area contributed by atoms with E-state index in [1.807, 2.05) is 24.3 Å². The van der Waals surface area contributed by atoms with Gasteiger partial charge in [-0.3, -0.25) is 9.88 Å². The highest BCUT2D eigenvalue weighted by atomic mass is 32.1. The quantitative estimate of drug-likeness (QED) is 0.691. The van der Waals surface area contributed by atoms with Gasteiger partial charge in [-0.1, -0.05) is 24.3 Å². The molecule has 0 saturated heterocycles. The fourth-order valence-corrected chi connectivity index (χ4v) is 4.14. The molecule has 0 bridgehead atoms. The molecule has 6 heteroatoms. The van der Waals surface area contributed by atoms with Crippen LogP contribution < -0.4 is 10.5 Å². The zero-order valence-electron chi connectivity index (χ0n) is 15.8. The number of nitrogens with two attached hydrogens (primary N) is 1. The number of nitrogens with zero attached hydrogens (tertiary/aromatic N) is 3. The van der Waals surface area contributed by atoms with Crippen molar-refractivity contribution in [2.45, 2.75) is 19.4 Å². The van der Waals surface area contributed by atoms with Crippen LogP contribution in [-0.2, 0) is 19.4 Å². The van der Waals surface area contributed by atoms with E-state index in [0.717, 1.165) is 43.8 Å². The van der Waals surface area contributed by atoms with Crippen molar-refractivity contribution in [3.8, 4) is 5.75 Å². The molecule has 0 fully saturated rings. The Morgan fingerprint density at radius 3 is 2.68 bits per heavy atom. The Hall–Kier alpha value is -2.70. The standard InChI is InChI=1S/C22H24N4OS/c23-22-25-20-9-14-26(15-10-21(20)28-22)13-1-2-17-3-5-19(6-4-17)27-16-18-7-11-24-12-8-18/h1-8,11-12H,9-10,13-16H2,(H2,23,25)/b2-1+.